The van der Waals surface area contributed by atoms with Crippen molar-refractivity contribution in [3.05, 3.63) is 11.9 Å². The second-order valence-corrected chi connectivity index (χ2v) is 6.00. The quantitative estimate of drug-likeness (QED) is 0.852. The summed E-state index contributed by atoms with van der Waals surface area (Å²) in [6, 6.07) is 2.53. The molecule has 2 saturated carbocycles. The summed E-state index contributed by atoms with van der Waals surface area (Å²) in [4.78, 5) is 9.25. The molecule has 0 aliphatic heterocycles. The highest BCUT2D eigenvalue weighted by Crippen LogP contribution is 2.39. The topological polar surface area (TPSA) is 49.8 Å². The summed E-state index contributed by atoms with van der Waals surface area (Å²) in [5.74, 6) is 4.32. The van der Waals surface area contributed by atoms with Gasteiger partial charge in [0.15, 0.2) is 0 Å². The average Bonchev–Trinajstić information content (AvgIpc) is 3.13. The number of hydrogen-bond donors (Lipinski definition) is 2. The molecule has 2 aliphatic rings. The summed E-state index contributed by atoms with van der Waals surface area (Å²) in [6.45, 7) is 2.29. The maximum absolute atomic E-state index is 4.69. The minimum atomic E-state index is 0.508. The number of hydrogen-bond acceptors (Lipinski definition) is 4. The van der Waals surface area contributed by atoms with Gasteiger partial charge in [-0.15, -0.1) is 0 Å². The highest BCUT2D eigenvalue weighted by molar-refractivity contribution is 5.48. The van der Waals surface area contributed by atoms with Crippen LogP contribution in [0.15, 0.2) is 6.07 Å². The van der Waals surface area contributed by atoms with Crippen LogP contribution in [0.3, 0.4) is 0 Å². The van der Waals surface area contributed by atoms with Gasteiger partial charge in [-0.05, 0) is 38.5 Å². The van der Waals surface area contributed by atoms with Gasteiger partial charge in [-0.1, -0.05) is 12.8 Å². The molecule has 1 aromatic rings. The van der Waals surface area contributed by atoms with Crippen LogP contribution in [-0.2, 0) is 0 Å². The Balaban J connectivity index is 1.73. The van der Waals surface area contributed by atoms with E-state index in [9.17, 15) is 0 Å². The molecule has 3 rings (SSSR count). The van der Waals surface area contributed by atoms with Crippen molar-refractivity contribution in [2.45, 2.75) is 57.4 Å². The lowest BCUT2D eigenvalue weighted by atomic mass is 10.00. The van der Waals surface area contributed by atoms with E-state index in [2.05, 4.69) is 22.5 Å². The Bertz CT molecular complexity index is 436. The van der Waals surface area contributed by atoms with E-state index in [1.54, 1.807) is 0 Å². The van der Waals surface area contributed by atoms with Crippen molar-refractivity contribution in [3.63, 3.8) is 0 Å². The molecule has 0 spiro atoms. The molecule has 104 valence electrons. The van der Waals surface area contributed by atoms with Crippen LogP contribution in [0.4, 0.5) is 11.6 Å². The SMILES string of the molecule is CNc1cc(NC(C)C2CCCC2)nc(C2CC2)n1. The zero-order valence-electron chi connectivity index (χ0n) is 11.9. The largest absolute Gasteiger partial charge is 0.373 e. The maximum Gasteiger partial charge on any atom is 0.136 e. The number of nitrogens with one attached hydrogen (secondary N) is 2. The van der Waals surface area contributed by atoms with Crippen LogP contribution in [-0.4, -0.2) is 23.1 Å². The fourth-order valence-corrected chi connectivity index (χ4v) is 3.00. The fourth-order valence-electron chi connectivity index (χ4n) is 3.00. The molecule has 0 aromatic carbocycles. The van der Waals surface area contributed by atoms with E-state index in [0.29, 0.717) is 12.0 Å². The van der Waals surface area contributed by atoms with Crippen molar-refractivity contribution in [2.24, 2.45) is 5.92 Å². The van der Waals surface area contributed by atoms with Crippen molar-refractivity contribution < 1.29 is 0 Å². The third kappa shape index (κ3) is 2.99. The molecule has 2 aliphatic carbocycles. The van der Waals surface area contributed by atoms with E-state index in [0.717, 1.165) is 23.4 Å². The summed E-state index contributed by atoms with van der Waals surface area (Å²) in [6.07, 6.45) is 7.96. The number of anilines is 2. The van der Waals surface area contributed by atoms with Crippen molar-refractivity contribution in [2.75, 3.05) is 17.7 Å². The van der Waals surface area contributed by atoms with Gasteiger partial charge in [0, 0.05) is 25.1 Å². The molecule has 1 aromatic heterocycles. The van der Waals surface area contributed by atoms with E-state index in [1.165, 1.54) is 38.5 Å². The minimum absolute atomic E-state index is 0.508. The van der Waals surface area contributed by atoms with Gasteiger partial charge in [0.25, 0.3) is 0 Å². The van der Waals surface area contributed by atoms with Gasteiger partial charge in [-0.2, -0.15) is 0 Å². The van der Waals surface area contributed by atoms with E-state index < -0.39 is 0 Å². The van der Waals surface area contributed by atoms with E-state index in [-0.39, 0.29) is 0 Å². The third-order valence-electron chi connectivity index (χ3n) is 4.42. The lowest BCUT2D eigenvalue weighted by Gasteiger charge is -2.21. The summed E-state index contributed by atoms with van der Waals surface area (Å²) >= 11 is 0. The number of aromatic nitrogens is 2. The Morgan fingerprint density at radius 2 is 1.79 bits per heavy atom. The molecule has 19 heavy (non-hydrogen) atoms. The van der Waals surface area contributed by atoms with Crippen molar-refractivity contribution >= 4 is 11.6 Å². The van der Waals surface area contributed by atoms with Gasteiger partial charge in [-0.3, -0.25) is 0 Å². The van der Waals surface area contributed by atoms with Gasteiger partial charge >= 0.3 is 0 Å². The molecule has 0 amide bonds. The monoisotopic (exact) mass is 260 g/mol. The Labute approximate surface area is 115 Å². The fraction of sp³-hybridized carbons (Fsp3) is 0.733. The number of nitrogens with zero attached hydrogens (tertiary/aromatic N) is 2. The van der Waals surface area contributed by atoms with Crippen molar-refractivity contribution in [1.29, 1.82) is 0 Å². The average molecular weight is 260 g/mol. The molecule has 0 saturated heterocycles. The predicted octanol–water partition coefficient (Wildman–Crippen LogP) is 3.39. The van der Waals surface area contributed by atoms with Crippen LogP contribution < -0.4 is 10.6 Å². The highest BCUT2D eigenvalue weighted by atomic mass is 15.1. The molecule has 2 N–H and O–H groups in total. The van der Waals surface area contributed by atoms with Gasteiger partial charge in [0.2, 0.25) is 0 Å². The van der Waals surface area contributed by atoms with E-state index in [1.807, 2.05) is 13.1 Å². The summed E-state index contributed by atoms with van der Waals surface area (Å²) in [5, 5.41) is 6.73. The molecule has 0 bridgehead atoms. The first-order valence-electron chi connectivity index (χ1n) is 7.59. The van der Waals surface area contributed by atoms with Gasteiger partial charge < -0.3 is 10.6 Å². The van der Waals surface area contributed by atoms with E-state index >= 15 is 0 Å². The zero-order chi connectivity index (χ0) is 13.2. The molecule has 2 fully saturated rings. The van der Waals surface area contributed by atoms with Crippen molar-refractivity contribution in [3.8, 4) is 0 Å². The molecular weight excluding hydrogens is 236 g/mol. The van der Waals surface area contributed by atoms with Crippen LogP contribution in [0.1, 0.15) is 57.2 Å². The zero-order valence-corrected chi connectivity index (χ0v) is 11.9. The van der Waals surface area contributed by atoms with E-state index in [4.69, 9.17) is 4.98 Å². The summed E-state index contributed by atoms with van der Waals surface area (Å²) in [5.41, 5.74) is 0. The molecular formula is C15H24N4. The predicted molar refractivity (Wildman–Crippen MR) is 78.6 cm³/mol. The lowest BCUT2D eigenvalue weighted by Crippen LogP contribution is -2.24. The number of rotatable bonds is 5. The second kappa shape index (κ2) is 5.35. The minimum Gasteiger partial charge on any atom is -0.373 e. The smallest absolute Gasteiger partial charge is 0.136 e. The first-order valence-corrected chi connectivity index (χ1v) is 7.59. The maximum atomic E-state index is 4.69. The van der Waals surface area contributed by atoms with Crippen LogP contribution in [0.5, 0.6) is 0 Å². The van der Waals surface area contributed by atoms with Gasteiger partial charge in [-0.25, -0.2) is 9.97 Å². The third-order valence-corrected chi connectivity index (χ3v) is 4.42. The summed E-state index contributed by atoms with van der Waals surface area (Å²) < 4.78 is 0. The van der Waals surface area contributed by atoms with Crippen LogP contribution in [0.25, 0.3) is 0 Å². The Kier molecular flexibility index (Phi) is 3.58. The highest BCUT2D eigenvalue weighted by Gasteiger charge is 2.28. The van der Waals surface area contributed by atoms with Crippen LogP contribution in [0.2, 0.25) is 0 Å². The van der Waals surface area contributed by atoms with Crippen molar-refractivity contribution in [1.82, 2.24) is 9.97 Å². The summed E-state index contributed by atoms with van der Waals surface area (Å²) in [7, 11) is 1.92. The Hall–Kier alpha value is -1.32. The first-order chi connectivity index (χ1) is 9.26. The normalized spacial score (nSPS) is 21.4. The second-order valence-electron chi connectivity index (χ2n) is 6.00. The van der Waals surface area contributed by atoms with Gasteiger partial charge in [0.1, 0.15) is 17.5 Å². The lowest BCUT2D eigenvalue weighted by molar-refractivity contribution is 0.481. The Morgan fingerprint density at radius 1 is 1.11 bits per heavy atom. The van der Waals surface area contributed by atoms with Gasteiger partial charge in [0.05, 0.1) is 0 Å². The molecule has 1 atom stereocenters. The van der Waals surface area contributed by atoms with Crippen LogP contribution >= 0.6 is 0 Å². The Morgan fingerprint density at radius 3 is 2.42 bits per heavy atom. The standard InChI is InChI=1S/C15H24N4/c1-10(11-5-3-4-6-11)17-14-9-13(16-2)18-15(19-14)12-7-8-12/h9-12H,3-8H2,1-2H3,(H2,16,17,18,19). The molecule has 1 heterocycles. The van der Waals surface area contributed by atoms with Crippen LogP contribution in [0, 0.1) is 5.92 Å². The first kappa shape index (κ1) is 12.7. The molecule has 1 unspecified atom stereocenters. The molecule has 4 nitrogen and oxygen atoms in total. The molecule has 4 heteroatoms. The molecule has 0 radical (unpaired) electrons.